The molecule has 2 aromatic rings. The summed E-state index contributed by atoms with van der Waals surface area (Å²) in [6.45, 7) is 0.156. The van der Waals surface area contributed by atoms with Gasteiger partial charge in [0.15, 0.2) is 12.5 Å². The van der Waals surface area contributed by atoms with Crippen molar-refractivity contribution in [2.24, 2.45) is 0 Å². The third-order valence-electron chi connectivity index (χ3n) is 3.74. The average molecular weight is 318 g/mol. The summed E-state index contributed by atoms with van der Waals surface area (Å²) in [6.07, 6.45) is 0.876. The van der Waals surface area contributed by atoms with Crippen LogP contribution in [0, 0.1) is 0 Å². The lowest BCUT2D eigenvalue weighted by Gasteiger charge is -2.14. The molecule has 1 aromatic heterocycles. The number of amides is 1. The van der Waals surface area contributed by atoms with Crippen LogP contribution in [-0.2, 0) is 4.79 Å². The van der Waals surface area contributed by atoms with Gasteiger partial charge in [-0.2, -0.15) is 0 Å². The van der Waals surface area contributed by atoms with Crippen LogP contribution in [0.5, 0.6) is 11.5 Å². The minimum absolute atomic E-state index is 0.0977. The van der Waals surface area contributed by atoms with Gasteiger partial charge < -0.3 is 14.8 Å². The fourth-order valence-corrected chi connectivity index (χ4v) is 2.57. The Morgan fingerprint density at radius 2 is 2.26 bits per heavy atom. The van der Waals surface area contributed by atoms with Crippen LogP contribution < -0.4 is 14.8 Å². The van der Waals surface area contributed by atoms with Crippen molar-refractivity contribution in [1.29, 1.82) is 0 Å². The van der Waals surface area contributed by atoms with Crippen LogP contribution in [-0.4, -0.2) is 43.1 Å². The Bertz CT molecular complexity index is 765. The topological polar surface area (TPSA) is 77.5 Å². The molecular formula is C16H15FN2O4. The summed E-state index contributed by atoms with van der Waals surface area (Å²) in [5.41, 5.74) is 0.984. The van der Waals surface area contributed by atoms with Crippen LogP contribution in [0.4, 0.5) is 4.39 Å². The number of carbonyl (C=O) groups excluding carboxylic acids is 2. The number of carbonyl (C=O) groups is 2. The number of rotatable bonds is 5. The molecule has 0 saturated carbocycles. The Morgan fingerprint density at radius 3 is 2.91 bits per heavy atom. The van der Waals surface area contributed by atoms with Crippen molar-refractivity contribution >= 4 is 23.1 Å². The van der Waals surface area contributed by atoms with Gasteiger partial charge in [-0.3, -0.25) is 14.6 Å². The van der Waals surface area contributed by atoms with Gasteiger partial charge in [0.1, 0.15) is 18.1 Å². The summed E-state index contributed by atoms with van der Waals surface area (Å²) in [5, 5.41) is 3.21. The Kier molecular flexibility index (Phi) is 4.10. The van der Waals surface area contributed by atoms with Gasteiger partial charge in [0.05, 0.1) is 24.2 Å². The number of aldehydes is 1. The largest absolute Gasteiger partial charge is 0.496 e. The number of hydrogen-bond donors (Lipinski definition) is 1. The number of hydrogen-bond acceptors (Lipinski definition) is 5. The molecule has 1 aliphatic rings. The Morgan fingerprint density at radius 1 is 1.43 bits per heavy atom. The third kappa shape index (κ3) is 2.94. The normalized spacial score (nSPS) is 20.3. The molecule has 3 rings (SSSR count). The van der Waals surface area contributed by atoms with E-state index in [9.17, 15) is 14.0 Å². The first-order chi connectivity index (χ1) is 11.1. The van der Waals surface area contributed by atoms with Crippen LogP contribution in [0.1, 0.15) is 16.8 Å². The molecule has 6 nitrogen and oxygen atoms in total. The van der Waals surface area contributed by atoms with Crippen molar-refractivity contribution in [3.63, 3.8) is 0 Å². The first kappa shape index (κ1) is 15.2. The van der Waals surface area contributed by atoms with E-state index >= 15 is 0 Å². The average Bonchev–Trinajstić information content (AvgIpc) is 2.89. The Hall–Kier alpha value is -2.70. The summed E-state index contributed by atoms with van der Waals surface area (Å²) in [5.74, 6) is 0.348. The van der Waals surface area contributed by atoms with Gasteiger partial charge in [0.2, 0.25) is 0 Å². The molecule has 1 N–H and O–H groups in total. The summed E-state index contributed by atoms with van der Waals surface area (Å²) in [4.78, 5) is 26.4. The van der Waals surface area contributed by atoms with Crippen molar-refractivity contribution in [2.75, 3.05) is 13.7 Å². The number of alkyl halides is 1. The SMILES string of the molecule is COc1cc2c(OCC3CC(F)C(=O)N3)ccnc2cc1C=O. The zero-order valence-electron chi connectivity index (χ0n) is 12.4. The number of halogens is 1. The number of aromatic nitrogens is 1. The van der Waals surface area contributed by atoms with E-state index in [0.717, 1.165) is 0 Å². The molecule has 2 atom stereocenters. The maximum Gasteiger partial charge on any atom is 0.254 e. The van der Waals surface area contributed by atoms with Crippen LogP contribution in [0.2, 0.25) is 0 Å². The molecule has 0 radical (unpaired) electrons. The lowest BCUT2D eigenvalue weighted by Crippen LogP contribution is -2.31. The molecule has 1 saturated heterocycles. The highest BCUT2D eigenvalue weighted by Gasteiger charge is 2.32. The highest BCUT2D eigenvalue weighted by atomic mass is 19.1. The summed E-state index contributed by atoms with van der Waals surface area (Å²) < 4.78 is 24.1. The summed E-state index contributed by atoms with van der Waals surface area (Å²) in [7, 11) is 1.47. The van der Waals surface area contributed by atoms with Crippen molar-refractivity contribution in [3.05, 3.63) is 30.0 Å². The molecule has 120 valence electrons. The van der Waals surface area contributed by atoms with Crippen LogP contribution in [0.15, 0.2) is 24.4 Å². The van der Waals surface area contributed by atoms with E-state index in [4.69, 9.17) is 9.47 Å². The van der Waals surface area contributed by atoms with Gasteiger partial charge in [0.25, 0.3) is 5.91 Å². The molecule has 1 aromatic carbocycles. The van der Waals surface area contributed by atoms with E-state index in [0.29, 0.717) is 34.3 Å². The standard InChI is InChI=1S/C16H15FN2O4/c1-22-15-6-11-13(4-9(15)7-20)18-3-2-14(11)23-8-10-5-12(17)16(21)19-10/h2-4,6-7,10,12H,5,8H2,1H3,(H,19,21). The second-order valence-electron chi connectivity index (χ2n) is 5.26. The maximum atomic E-state index is 13.2. The number of nitrogens with zero attached hydrogens (tertiary/aromatic N) is 1. The Labute approximate surface area is 131 Å². The molecule has 23 heavy (non-hydrogen) atoms. The van der Waals surface area contributed by atoms with Gasteiger partial charge in [-0.05, 0) is 18.2 Å². The third-order valence-corrected chi connectivity index (χ3v) is 3.74. The number of ether oxygens (including phenoxy) is 2. The van der Waals surface area contributed by atoms with E-state index in [1.54, 1.807) is 24.4 Å². The van der Waals surface area contributed by atoms with Gasteiger partial charge >= 0.3 is 0 Å². The second-order valence-corrected chi connectivity index (χ2v) is 5.26. The predicted molar refractivity (Wildman–Crippen MR) is 80.6 cm³/mol. The molecule has 0 aliphatic carbocycles. The summed E-state index contributed by atoms with van der Waals surface area (Å²) >= 11 is 0. The smallest absolute Gasteiger partial charge is 0.254 e. The number of nitrogens with one attached hydrogen (secondary N) is 1. The first-order valence-electron chi connectivity index (χ1n) is 7.11. The molecule has 0 spiro atoms. The molecule has 2 unspecified atom stereocenters. The Balaban J connectivity index is 1.86. The van der Waals surface area contributed by atoms with Crippen molar-refractivity contribution in [2.45, 2.75) is 18.6 Å². The predicted octanol–water partition coefficient (Wildman–Crippen LogP) is 1.66. The van der Waals surface area contributed by atoms with E-state index < -0.39 is 12.1 Å². The van der Waals surface area contributed by atoms with Crippen LogP contribution in [0.3, 0.4) is 0 Å². The minimum Gasteiger partial charge on any atom is -0.496 e. The molecule has 1 amide bonds. The minimum atomic E-state index is -1.48. The lowest BCUT2D eigenvalue weighted by molar-refractivity contribution is -0.123. The summed E-state index contributed by atoms with van der Waals surface area (Å²) in [6, 6.07) is 4.60. The highest BCUT2D eigenvalue weighted by Crippen LogP contribution is 2.30. The van der Waals surface area contributed by atoms with Crippen molar-refractivity contribution < 1.29 is 23.5 Å². The molecular weight excluding hydrogens is 303 g/mol. The van der Waals surface area contributed by atoms with Gasteiger partial charge in [-0.1, -0.05) is 0 Å². The van der Waals surface area contributed by atoms with Gasteiger partial charge in [0, 0.05) is 18.0 Å². The monoisotopic (exact) mass is 318 g/mol. The fraction of sp³-hybridized carbons (Fsp3) is 0.312. The maximum absolute atomic E-state index is 13.2. The molecule has 1 aliphatic heterocycles. The van der Waals surface area contributed by atoms with E-state index in [1.165, 1.54) is 7.11 Å². The van der Waals surface area contributed by atoms with E-state index in [2.05, 4.69) is 10.3 Å². The first-order valence-corrected chi connectivity index (χ1v) is 7.11. The van der Waals surface area contributed by atoms with Crippen molar-refractivity contribution in [1.82, 2.24) is 10.3 Å². The van der Waals surface area contributed by atoms with Crippen LogP contribution >= 0.6 is 0 Å². The van der Waals surface area contributed by atoms with Gasteiger partial charge in [-0.25, -0.2) is 4.39 Å². The molecule has 2 heterocycles. The van der Waals surface area contributed by atoms with Crippen LogP contribution in [0.25, 0.3) is 10.9 Å². The highest BCUT2D eigenvalue weighted by molar-refractivity contribution is 5.93. The number of fused-ring (bicyclic) bond motifs is 1. The number of benzene rings is 1. The van der Waals surface area contributed by atoms with E-state index in [1.807, 2.05) is 0 Å². The molecule has 0 bridgehead atoms. The second kappa shape index (κ2) is 6.20. The quantitative estimate of drug-likeness (QED) is 0.848. The number of pyridine rings is 1. The lowest BCUT2D eigenvalue weighted by atomic mass is 10.1. The van der Waals surface area contributed by atoms with Gasteiger partial charge in [-0.15, -0.1) is 0 Å². The zero-order chi connectivity index (χ0) is 16.4. The molecule has 1 fully saturated rings. The number of methoxy groups -OCH3 is 1. The fourth-order valence-electron chi connectivity index (χ4n) is 2.57. The van der Waals surface area contributed by atoms with Crippen molar-refractivity contribution in [3.8, 4) is 11.5 Å². The molecule has 7 heteroatoms. The van der Waals surface area contributed by atoms with E-state index in [-0.39, 0.29) is 19.1 Å². The zero-order valence-corrected chi connectivity index (χ0v) is 12.4.